The number of carbonyl (C=O) groups is 1. The number of alkyl halides is 1. The van der Waals surface area contributed by atoms with Crippen molar-refractivity contribution in [2.75, 3.05) is 12.5 Å². The van der Waals surface area contributed by atoms with Gasteiger partial charge in [0.05, 0.1) is 10.8 Å². The average molecular weight is 264 g/mol. The fraction of sp³-hybridized carbons (Fsp3) is 0.300. The van der Waals surface area contributed by atoms with Gasteiger partial charge in [0.2, 0.25) is 0 Å². The molecule has 0 unspecified atom stereocenters. The van der Waals surface area contributed by atoms with Crippen LogP contribution in [0.4, 0.5) is 0 Å². The van der Waals surface area contributed by atoms with Crippen LogP contribution < -0.4 is 0 Å². The summed E-state index contributed by atoms with van der Waals surface area (Å²) in [4.78, 5) is 10.9. The Balaban J connectivity index is 2.78. The van der Waals surface area contributed by atoms with E-state index in [1.807, 2.05) is 6.92 Å². The van der Waals surface area contributed by atoms with Crippen molar-refractivity contribution in [2.45, 2.75) is 11.8 Å². The lowest BCUT2D eigenvalue weighted by Crippen LogP contribution is -2.15. The molecular weight excluding hydrogens is 253 g/mol. The molecule has 0 spiro atoms. The van der Waals surface area contributed by atoms with Gasteiger partial charge in [0, 0.05) is 0 Å². The molecule has 0 aromatic heterocycles. The fourth-order valence-corrected chi connectivity index (χ4v) is 1.92. The van der Waals surface area contributed by atoms with Crippen molar-refractivity contribution in [1.29, 1.82) is 0 Å². The first-order chi connectivity index (χ1) is 7.45. The van der Waals surface area contributed by atoms with Gasteiger partial charge in [-0.15, -0.1) is 11.6 Å². The summed E-state index contributed by atoms with van der Waals surface area (Å²) < 4.78 is 27.6. The Morgan fingerprint density at radius 2 is 1.88 bits per heavy atom. The highest BCUT2D eigenvalue weighted by Gasteiger charge is 2.16. The zero-order valence-electron chi connectivity index (χ0n) is 8.64. The Kier molecular flexibility index (Phi) is 4.46. The van der Waals surface area contributed by atoms with E-state index < -0.39 is 22.5 Å². The second-order valence-corrected chi connectivity index (χ2v) is 5.08. The summed E-state index contributed by atoms with van der Waals surface area (Å²) in [6, 6.07) is 6.16. The van der Waals surface area contributed by atoms with Crippen LogP contribution in [-0.2, 0) is 19.1 Å². The topological polar surface area (TPSA) is 60.4 Å². The van der Waals surface area contributed by atoms with Crippen LogP contribution in [0.25, 0.3) is 0 Å². The van der Waals surface area contributed by atoms with Crippen molar-refractivity contribution in [2.24, 2.45) is 0 Å². The smallest absolute Gasteiger partial charge is 0.296 e. The maximum atomic E-state index is 11.5. The fourth-order valence-electron chi connectivity index (χ4n) is 0.955. The summed E-state index contributed by atoms with van der Waals surface area (Å²) >= 11 is 5.22. The van der Waals surface area contributed by atoms with Crippen LogP contribution in [0, 0.1) is 6.92 Å². The van der Waals surface area contributed by atoms with Gasteiger partial charge in [-0.3, -0.25) is 8.98 Å². The van der Waals surface area contributed by atoms with Crippen molar-refractivity contribution >= 4 is 27.5 Å². The summed E-state index contributed by atoms with van der Waals surface area (Å²) in [5, 5.41) is 0. The zero-order valence-corrected chi connectivity index (χ0v) is 10.2. The molecule has 0 atom stereocenters. The van der Waals surface area contributed by atoms with Gasteiger partial charge in [0.25, 0.3) is 10.1 Å². The summed E-state index contributed by atoms with van der Waals surface area (Å²) in [7, 11) is -3.86. The van der Waals surface area contributed by atoms with Gasteiger partial charge in [0.1, 0.15) is 6.61 Å². The van der Waals surface area contributed by atoms with E-state index in [1.54, 1.807) is 12.1 Å². The van der Waals surface area contributed by atoms with Crippen LogP contribution >= 0.6 is 11.6 Å². The second kappa shape index (κ2) is 5.43. The molecule has 0 aliphatic heterocycles. The molecule has 0 radical (unpaired) electrons. The molecule has 0 aliphatic carbocycles. The molecule has 0 aliphatic rings. The van der Waals surface area contributed by atoms with Crippen LogP contribution in [-0.4, -0.2) is 26.7 Å². The van der Waals surface area contributed by atoms with Gasteiger partial charge in [-0.05, 0) is 19.1 Å². The van der Waals surface area contributed by atoms with E-state index in [0.29, 0.717) is 0 Å². The highest BCUT2D eigenvalue weighted by Crippen LogP contribution is 2.12. The lowest BCUT2D eigenvalue weighted by Gasteiger charge is -2.04. The summed E-state index contributed by atoms with van der Waals surface area (Å²) in [5.74, 6) is -0.735. The van der Waals surface area contributed by atoms with E-state index in [4.69, 9.17) is 11.6 Å². The van der Waals surface area contributed by atoms with Crippen molar-refractivity contribution in [3.63, 3.8) is 0 Å². The van der Waals surface area contributed by atoms with Crippen molar-refractivity contribution in [1.82, 2.24) is 0 Å². The first kappa shape index (κ1) is 13.2. The van der Waals surface area contributed by atoms with Crippen LogP contribution in [0.1, 0.15) is 5.56 Å². The number of rotatable bonds is 5. The minimum atomic E-state index is -3.86. The predicted octanol–water partition coefficient (Wildman–Crippen LogP) is 1.51. The molecule has 88 valence electrons. The van der Waals surface area contributed by atoms with E-state index >= 15 is 0 Å². The molecule has 0 bridgehead atoms. The van der Waals surface area contributed by atoms with E-state index in [1.165, 1.54) is 12.1 Å². The number of aryl methyl sites for hydroxylation is 1. The van der Waals surface area contributed by atoms with Gasteiger partial charge >= 0.3 is 0 Å². The van der Waals surface area contributed by atoms with Crippen LogP contribution in [0.2, 0.25) is 0 Å². The van der Waals surface area contributed by atoms with Crippen molar-refractivity contribution in [3.8, 4) is 0 Å². The number of benzene rings is 1. The largest absolute Gasteiger partial charge is 0.297 e. The van der Waals surface area contributed by atoms with E-state index in [9.17, 15) is 13.2 Å². The van der Waals surface area contributed by atoms with Crippen LogP contribution in [0.5, 0.6) is 0 Å². The minimum absolute atomic E-state index is 0.0282. The SMILES string of the molecule is Cc1ccc(S(=O)(=O)OC[13C](=O)CCl)cc1. The van der Waals surface area contributed by atoms with E-state index in [2.05, 4.69) is 4.18 Å². The highest BCUT2D eigenvalue weighted by molar-refractivity contribution is 7.86. The maximum Gasteiger partial charge on any atom is 0.297 e. The molecule has 16 heavy (non-hydrogen) atoms. The third-order valence-corrected chi connectivity index (χ3v) is 3.41. The number of carbonyl (C=O) groups excluding carboxylic acids is 1. The minimum Gasteiger partial charge on any atom is -0.296 e. The quantitative estimate of drug-likeness (QED) is 0.459. The monoisotopic (exact) mass is 263 g/mol. The summed E-state index contributed by atoms with van der Waals surface area (Å²) in [6.45, 7) is 1.31. The summed E-state index contributed by atoms with van der Waals surface area (Å²) in [6.07, 6.45) is 0. The number of Topliss-reactive ketones (excluding diaryl/α,β-unsaturated/α-hetero) is 1. The zero-order chi connectivity index (χ0) is 12.2. The third kappa shape index (κ3) is 3.59. The lowest BCUT2D eigenvalue weighted by molar-refractivity contribution is -0.118. The first-order valence-corrected chi connectivity index (χ1v) is 6.44. The number of hydrogen-bond acceptors (Lipinski definition) is 4. The molecule has 0 saturated heterocycles. The second-order valence-electron chi connectivity index (χ2n) is 3.20. The van der Waals surface area contributed by atoms with Gasteiger partial charge in [0.15, 0.2) is 5.78 Å². The molecule has 0 fully saturated rings. The number of ketones is 1. The van der Waals surface area contributed by atoms with Gasteiger partial charge in [-0.1, -0.05) is 17.7 Å². The standard InChI is InChI=1S/C10H11ClO4S/c1-8-2-4-10(5-3-8)16(13,14)15-7-9(12)6-11/h2-5H,6-7H2,1H3/i9+1. The molecule has 0 amide bonds. The molecule has 0 saturated carbocycles. The Bertz CT molecular complexity index is 464. The molecular formula is C10H11ClO4S. The van der Waals surface area contributed by atoms with Gasteiger partial charge in [-0.2, -0.15) is 8.42 Å². The maximum absolute atomic E-state index is 11.5. The molecule has 1 rings (SSSR count). The van der Waals surface area contributed by atoms with Crippen molar-refractivity contribution < 1.29 is 17.4 Å². The summed E-state index contributed by atoms with van der Waals surface area (Å²) in [5.41, 5.74) is 0.941. The molecule has 4 nitrogen and oxygen atoms in total. The predicted molar refractivity (Wildman–Crippen MR) is 60.0 cm³/mol. The lowest BCUT2D eigenvalue weighted by atomic mass is 10.2. The Labute approximate surface area is 99.3 Å². The average Bonchev–Trinajstić information content (AvgIpc) is 2.26. The van der Waals surface area contributed by atoms with Gasteiger partial charge in [-0.25, -0.2) is 0 Å². The number of hydrogen-bond donors (Lipinski definition) is 0. The van der Waals surface area contributed by atoms with Crippen LogP contribution in [0.3, 0.4) is 0 Å². The molecule has 1 aromatic rings. The first-order valence-electron chi connectivity index (χ1n) is 4.49. The number of halogens is 1. The Morgan fingerprint density at radius 3 is 2.38 bits per heavy atom. The molecule has 6 heteroatoms. The Hall–Kier alpha value is -0.910. The molecule has 0 N–H and O–H groups in total. The van der Waals surface area contributed by atoms with Crippen LogP contribution in [0.15, 0.2) is 29.2 Å². The van der Waals surface area contributed by atoms with Gasteiger partial charge < -0.3 is 0 Å². The highest BCUT2D eigenvalue weighted by atomic mass is 35.5. The van der Waals surface area contributed by atoms with E-state index in [-0.39, 0.29) is 10.8 Å². The van der Waals surface area contributed by atoms with Crippen molar-refractivity contribution in [3.05, 3.63) is 29.8 Å². The Morgan fingerprint density at radius 1 is 1.31 bits per heavy atom. The molecule has 1 aromatic carbocycles. The molecule has 0 heterocycles. The van der Waals surface area contributed by atoms with E-state index in [0.717, 1.165) is 5.56 Å². The normalized spacial score (nSPS) is 11.4. The third-order valence-electron chi connectivity index (χ3n) is 1.83.